The first-order chi connectivity index (χ1) is 13.9. The van der Waals surface area contributed by atoms with Gasteiger partial charge in [0.1, 0.15) is 6.33 Å². The number of amides is 1. The van der Waals surface area contributed by atoms with Crippen molar-refractivity contribution in [3.8, 4) is 5.69 Å². The van der Waals surface area contributed by atoms with E-state index in [1.54, 1.807) is 24.3 Å². The molecule has 7 nitrogen and oxygen atoms in total. The lowest BCUT2D eigenvalue weighted by Crippen LogP contribution is -2.22. The van der Waals surface area contributed by atoms with Gasteiger partial charge in [-0.1, -0.05) is 6.07 Å². The molecule has 0 spiro atoms. The van der Waals surface area contributed by atoms with Crippen molar-refractivity contribution in [2.75, 3.05) is 23.3 Å². The van der Waals surface area contributed by atoms with Crippen LogP contribution in [-0.4, -0.2) is 39.2 Å². The Hall–Kier alpha value is -3.43. The summed E-state index contributed by atoms with van der Waals surface area (Å²) in [5.41, 5.74) is 0.757. The first kappa shape index (κ1) is 18.9. The predicted octanol–water partition coefficient (Wildman–Crippen LogP) is 3.53. The van der Waals surface area contributed by atoms with E-state index < -0.39 is 17.6 Å². The van der Waals surface area contributed by atoms with Crippen molar-refractivity contribution in [2.45, 2.75) is 19.0 Å². The standard InChI is InChI=1S/C19H17F3N6O/c20-19(21,22)14-6-7-17(27-8-1-2-9-27)16(11-14)24-18(29)13-4-3-5-15(10-13)28-12-23-25-26-28/h3-7,10-12H,1-2,8-9H2,(H,24,29). The molecule has 2 aromatic carbocycles. The van der Waals surface area contributed by atoms with Crippen molar-refractivity contribution < 1.29 is 18.0 Å². The minimum Gasteiger partial charge on any atom is -0.370 e. The molecule has 3 aromatic rings. The molecule has 1 aliphatic heterocycles. The van der Waals surface area contributed by atoms with Gasteiger partial charge in [0.2, 0.25) is 0 Å². The molecule has 1 aromatic heterocycles. The van der Waals surface area contributed by atoms with Gasteiger partial charge in [-0.25, -0.2) is 4.68 Å². The Bertz CT molecular complexity index is 1010. The van der Waals surface area contributed by atoms with Crippen molar-refractivity contribution >= 4 is 17.3 Å². The summed E-state index contributed by atoms with van der Waals surface area (Å²) in [7, 11) is 0. The number of benzene rings is 2. The highest BCUT2D eigenvalue weighted by Gasteiger charge is 2.32. The van der Waals surface area contributed by atoms with Crippen molar-refractivity contribution in [3.63, 3.8) is 0 Å². The van der Waals surface area contributed by atoms with Crippen LogP contribution in [0.1, 0.15) is 28.8 Å². The normalized spacial score (nSPS) is 14.2. The van der Waals surface area contributed by atoms with Gasteiger partial charge in [0.15, 0.2) is 0 Å². The molecule has 1 saturated heterocycles. The maximum absolute atomic E-state index is 13.2. The van der Waals surface area contributed by atoms with E-state index in [1.165, 1.54) is 17.1 Å². The van der Waals surface area contributed by atoms with E-state index in [9.17, 15) is 18.0 Å². The van der Waals surface area contributed by atoms with Crippen LogP contribution in [-0.2, 0) is 6.18 Å². The van der Waals surface area contributed by atoms with Crippen molar-refractivity contribution in [1.82, 2.24) is 20.2 Å². The Morgan fingerprint density at radius 1 is 1.07 bits per heavy atom. The molecule has 0 saturated carbocycles. The van der Waals surface area contributed by atoms with Crippen molar-refractivity contribution in [1.29, 1.82) is 0 Å². The number of hydrogen-bond acceptors (Lipinski definition) is 5. The lowest BCUT2D eigenvalue weighted by molar-refractivity contribution is -0.137. The number of carbonyl (C=O) groups is 1. The number of nitrogens with zero attached hydrogens (tertiary/aromatic N) is 5. The summed E-state index contributed by atoms with van der Waals surface area (Å²) in [6.45, 7) is 1.48. The summed E-state index contributed by atoms with van der Waals surface area (Å²) >= 11 is 0. The fourth-order valence-electron chi connectivity index (χ4n) is 3.31. The minimum atomic E-state index is -4.50. The smallest absolute Gasteiger partial charge is 0.370 e. The summed E-state index contributed by atoms with van der Waals surface area (Å²) < 4.78 is 41.0. The molecule has 0 unspecified atom stereocenters. The van der Waals surface area contributed by atoms with Gasteiger partial charge in [-0.15, -0.1) is 5.10 Å². The molecule has 1 amide bonds. The SMILES string of the molecule is O=C(Nc1cc(C(F)(F)F)ccc1N1CCCC1)c1cccc(-n2cnnn2)c1. The molecule has 0 radical (unpaired) electrons. The zero-order valence-electron chi connectivity index (χ0n) is 15.2. The number of anilines is 2. The summed E-state index contributed by atoms with van der Waals surface area (Å²) in [6, 6.07) is 9.95. The van der Waals surface area contributed by atoms with E-state index in [0.717, 1.165) is 38.1 Å². The molecule has 29 heavy (non-hydrogen) atoms. The van der Waals surface area contributed by atoms with Gasteiger partial charge in [0.05, 0.1) is 22.6 Å². The monoisotopic (exact) mass is 402 g/mol. The third-order valence-corrected chi connectivity index (χ3v) is 4.74. The van der Waals surface area contributed by atoms with Crippen molar-refractivity contribution in [3.05, 3.63) is 59.9 Å². The minimum absolute atomic E-state index is 0.138. The molecule has 0 bridgehead atoms. The number of tetrazole rings is 1. The molecule has 0 atom stereocenters. The lowest BCUT2D eigenvalue weighted by atomic mass is 10.1. The number of halogens is 3. The van der Waals surface area contributed by atoms with Crippen molar-refractivity contribution in [2.24, 2.45) is 0 Å². The van der Waals surface area contributed by atoms with Gasteiger partial charge in [0.25, 0.3) is 5.91 Å². The summed E-state index contributed by atoms with van der Waals surface area (Å²) in [5.74, 6) is -0.514. The van der Waals surface area contributed by atoms with Crippen LogP contribution in [0.25, 0.3) is 5.69 Å². The number of nitrogens with one attached hydrogen (secondary N) is 1. The number of aromatic nitrogens is 4. The quantitative estimate of drug-likeness (QED) is 0.723. The first-order valence-electron chi connectivity index (χ1n) is 9.03. The molecule has 1 N–H and O–H groups in total. The Balaban J connectivity index is 1.65. The highest BCUT2D eigenvalue weighted by molar-refractivity contribution is 6.06. The van der Waals surface area contributed by atoms with Gasteiger partial charge >= 0.3 is 6.18 Å². The molecule has 150 valence electrons. The molecule has 1 aliphatic rings. The third-order valence-electron chi connectivity index (χ3n) is 4.74. The zero-order valence-corrected chi connectivity index (χ0v) is 15.2. The van der Waals surface area contributed by atoms with E-state index in [4.69, 9.17) is 0 Å². The lowest BCUT2D eigenvalue weighted by Gasteiger charge is -2.23. The number of hydrogen-bond donors (Lipinski definition) is 1. The van der Waals surface area contributed by atoms with E-state index in [1.807, 2.05) is 4.90 Å². The highest BCUT2D eigenvalue weighted by Crippen LogP contribution is 2.36. The second-order valence-corrected chi connectivity index (χ2v) is 6.68. The largest absolute Gasteiger partial charge is 0.416 e. The maximum atomic E-state index is 13.2. The number of alkyl halides is 3. The molecular formula is C19H17F3N6O. The van der Waals surface area contributed by atoms with E-state index in [2.05, 4.69) is 20.8 Å². The van der Waals surface area contributed by atoms with Crippen LogP contribution in [0.4, 0.5) is 24.5 Å². The van der Waals surface area contributed by atoms with E-state index in [0.29, 0.717) is 11.4 Å². The maximum Gasteiger partial charge on any atom is 0.416 e. The number of rotatable bonds is 4. The summed E-state index contributed by atoms with van der Waals surface area (Å²) in [4.78, 5) is 14.8. The summed E-state index contributed by atoms with van der Waals surface area (Å²) in [5, 5.41) is 13.5. The molecule has 2 heterocycles. The second-order valence-electron chi connectivity index (χ2n) is 6.68. The Labute approximate surface area is 164 Å². The van der Waals surface area contributed by atoms with Gasteiger partial charge in [-0.2, -0.15) is 13.2 Å². The predicted molar refractivity (Wildman–Crippen MR) is 100.0 cm³/mol. The highest BCUT2D eigenvalue weighted by atomic mass is 19.4. The first-order valence-corrected chi connectivity index (χ1v) is 9.03. The van der Waals surface area contributed by atoms with E-state index >= 15 is 0 Å². The van der Waals surface area contributed by atoms with Crippen LogP contribution in [0.5, 0.6) is 0 Å². The molecular weight excluding hydrogens is 385 g/mol. The van der Waals surface area contributed by atoms with Crippen LogP contribution in [0.3, 0.4) is 0 Å². The third kappa shape index (κ3) is 4.05. The fourth-order valence-corrected chi connectivity index (χ4v) is 3.31. The van der Waals surface area contributed by atoms with Crippen LogP contribution in [0, 0.1) is 0 Å². The molecule has 0 aliphatic carbocycles. The Morgan fingerprint density at radius 2 is 1.86 bits per heavy atom. The van der Waals surface area contributed by atoms with Gasteiger partial charge in [0, 0.05) is 18.7 Å². The fraction of sp³-hybridized carbons (Fsp3) is 0.263. The number of carbonyl (C=O) groups excluding carboxylic acids is 1. The topological polar surface area (TPSA) is 75.9 Å². The van der Waals surface area contributed by atoms with Crippen LogP contribution in [0.2, 0.25) is 0 Å². The Morgan fingerprint density at radius 3 is 2.55 bits per heavy atom. The van der Waals surface area contributed by atoms with Gasteiger partial charge < -0.3 is 10.2 Å². The average molecular weight is 402 g/mol. The average Bonchev–Trinajstić information content (AvgIpc) is 3.41. The molecule has 10 heteroatoms. The zero-order chi connectivity index (χ0) is 20.4. The van der Waals surface area contributed by atoms with Crippen LogP contribution >= 0.6 is 0 Å². The van der Waals surface area contributed by atoms with Crippen LogP contribution < -0.4 is 10.2 Å². The van der Waals surface area contributed by atoms with E-state index in [-0.39, 0.29) is 11.3 Å². The van der Waals surface area contributed by atoms with Gasteiger partial charge in [-0.3, -0.25) is 4.79 Å². The van der Waals surface area contributed by atoms with Crippen LogP contribution in [0.15, 0.2) is 48.8 Å². The second kappa shape index (κ2) is 7.53. The molecule has 1 fully saturated rings. The van der Waals surface area contributed by atoms with Gasteiger partial charge in [-0.05, 0) is 59.7 Å². The molecule has 4 rings (SSSR count). The summed E-state index contributed by atoms with van der Waals surface area (Å²) in [6.07, 6.45) is -1.19. The Kier molecular flexibility index (Phi) is 4.91.